The van der Waals surface area contributed by atoms with Crippen molar-refractivity contribution in [3.05, 3.63) is 40.9 Å². The number of para-hydroxylation sites is 1. The van der Waals surface area contributed by atoms with Crippen LogP contribution < -0.4 is 5.56 Å². The number of nitrogens with zero attached hydrogens (tertiary/aromatic N) is 5. The van der Waals surface area contributed by atoms with Gasteiger partial charge in [0.2, 0.25) is 17.4 Å². The molecule has 0 bridgehead atoms. The summed E-state index contributed by atoms with van der Waals surface area (Å²) in [5.74, 6) is 0.0568. The molecule has 174 valence electrons. The lowest BCUT2D eigenvalue weighted by Crippen LogP contribution is -2.52. The first-order valence-electron chi connectivity index (χ1n) is 11.7. The molecule has 0 N–H and O–H groups in total. The monoisotopic (exact) mass is 451 g/mol. The van der Waals surface area contributed by atoms with Crippen LogP contribution >= 0.6 is 0 Å². The van der Waals surface area contributed by atoms with Crippen molar-refractivity contribution in [3.8, 4) is 0 Å². The van der Waals surface area contributed by atoms with Crippen LogP contribution in [0.3, 0.4) is 0 Å². The minimum atomic E-state index is -0.355. The molecule has 1 aromatic carbocycles. The number of hydrogen-bond acceptors (Lipinski definition) is 6. The zero-order valence-electron chi connectivity index (χ0n) is 18.7. The topological polar surface area (TPSA) is 91.9 Å². The van der Waals surface area contributed by atoms with E-state index in [0.717, 1.165) is 31.3 Å². The van der Waals surface area contributed by atoms with Crippen molar-refractivity contribution in [2.24, 2.45) is 0 Å². The molecule has 33 heavy (non-hydrogen) atoms. The summed E-state index contributed by atoms with van der Waals surface area (Å²) in [6, 6.07) is 7.37. The Morgan fingerprint density at radius 2 is 1.52 bits per heavy atom. The Balaban J connectivity index is 1.19. The van der Waals surface area contributed by atoms with Crippen molar-refractivity contribution in [2.75, 3.05) is 45.8 Å². The normalized spacial score (nSPS) is 18.1. The second kappa shape index (κ2) is 9.35. The lowest BCUT2D eigenvalue weighted by atomic mass is 10.2. The fraction of sp³-hybridized carbons (Fsp3) is 0.500. The van der Waals surface area contributed by atoms with E-state index in [1.807, 2.05) is 23.1 Å². The van der Waals surface area contributed by atoms with E-state index in [4.69, 9.17) is 4.42 Å². The number of hydrogen-bond donors (Lipinski definition) is 0. The molecular weight excluding hydrogens is 422 g/mol. The highest BCUT2D eigenvalue weighted by Gasteiger charge is 2.25. The Hall–Kier alpha value is -3.20. The van der Waals surface area contributed by atoms with Crippen LogP contribution in [0.1, 0.15) is 25.7 Å². The third-order valence-electron chi connectivity index (χ3n) is 6.70. The van der Waals surface area contributed by atoms with Gasteiger partial charge in [-0.05, 0) is 25.0 Å². The average Bonchev–Trinajstić information content (AvgIpc) is 3.00. The van der Waals surface area contributed by atoms with Gasteiger partial charge in [0.25, 0.3) is 5.56 Å². The zero-order valence-corrected chi connectivity index (χ0v) is 18.7. The highest BCUT2D eigenvalue weighted by molar-refractivity contribution is 6.01. The van der Waals surface area contributed by atoms with Gasteiger partial charge in [-0.3, -0.25) is 23.9 Å². The molecule has 0 radical (unpaired) electrons. The summed E-state index contributed by atoms with van der Waals surface area (Å²) in [7, 11) is 0. The van der Waals surface area contributed by atoms with Crippen molar-refractivity contribution in [2.45, 2.75) is 32.2 Å². The minimum Gasteiger partial charge on any atom is -0.448 e. The summed E-state index contributed by atoms with van der Waals surface area (Å²) in [5.41, 5.74) is 0.934. The number of carbonyl (C=O) groups excluding carboxylic acids is 2. The molecule has 0 saturated carbocycles. The molecule has 3 aromatic rings. The van der Waals surface area contributed by atoms with E-state index >= 15 is 0 Å². The molecular formula is C24H29N5O4. The Bertz CT molecular complexity index is 1220. The maximum Gasteiger partial charge on any atom is 0.297 e. The number of aromatic nitrogens is 2. The Kier molecular flexibility index (Phi) is 6.13. The molecule has 9 nitrogen and oxygen atoms in total. The van der Waals surface area contributed by atoms with Gasteiger partial charge in [-0.2, -0.15) is 0 Å². The van der Waals surface area contributed by atoms with Gasteiger partial charge < -0.3 is 14.2 Å². The van der Waals surface area contributed by atoms with Gasteiger partial charge >= 0.3 is 0 Å². The molecule has 2 amide bonds. The van der Waals surface area contributed by atoms with Crippen LogP contribution in [0.25, 0.3) is 22.1 Å². The first kappa shape index (κ1) is 21.6. The standard InChI is InChI=1S/C24H29N5O4/c30-20(27-9-5-1-2-6-10-27)15-26-11-13-28(14-12-26)21(31)16-29-17-25-22-18-7-3-4-8-19(18)33-23(22)24(29)32/h3-4,7-8,17H,1-2,5-6,9-16H2. The SMILES string of the molecule is O=C(CN1CCN(C(=O)Cn2cnc3c(oc4ccccc43)c2=O)CC1)N1CCCCCC1. The number of benzene rings is 1. The third-order valence-corrected chi connectivity index (χ3v) is 6.70. The lowest BCUT2D eigenvalue weighted by Gasteiger charge is -2.35. The van der Waals surface area contributed by atoms with E-state index in [9.17, 15) is 14.4 Å². The molecule has 9 heteroatoms. The van der Waals surface area contributed by atoms with Crippen LogP contribution in [-0.4, -0.2) is 81.9 Å². The van der Waals surface area contributed by atoms with E-state index in [1.165, 1.54) is 23.7 Å². The number of amides is 2. The number of carbonyl (C=O) groups is 2. The summed E-state index contributed by atoms with van der Waals surface area (Å²) in [6.45, 7) is 4.44. The van der Waals surface area contributed by atoms with Crippen LogP contribution in [0.15, 0.2) is 39.8 Å². The summed E-state index contributed by atoms with van der Waals surface area (Å²) in [6.07, 6.45) is 5.99. The van der Waals surface area contributed by atoms with Crippen molar-refractivity contribution < 1.29 is 14.0 Å². The first-order chi connectivity index (χ1) is 16.1. The van der Waals surface area contributed by atoms with Crippen LogP contribution in [0.4, 0.5) is 0 Å². The summed E-state index contributed by atoms with van der Waals surface area (Å²) < 4.78 is 7.00. The second-order valence-electron chi connectivity index (χ2n) is 8.91. The molecule has 0 spiro atoms. The van der Waals surface area contributed by atoms with Gasteiger partial charge in [0.1, 0.15) is 17.6 Å². The molecule has 5 rings (SSSR count). The third kappa shape index (κ3) is 4.50. The van der Waals surface area contributed by atoms with Gasteiger partial charge in [-0.15, -0.1) is 0 Å². The summed E-state index contributed by atoms with van der Waals surface area (Å²) in [5, 5.41) is 0.786. The van der Waals surface area contributed by atoms with Crippen molar-refractivity contribution in [3.63, 3.8) is 0 Å². The van der Waals surface area contributed by atoms with Crippen LogP contribution in [0, 0.1) is 0 Å². The predicted molar refractivity (Wildman–Crippen MR) is 124 cm³/mol. The average molecular weight is 452 g/mol. The van der Waals surface area contributed by atoms with E-state index in [1.54, 1.807) is 11.0 Å². The molecule has 2 saturated heterocycles. The molecule has 2 aliphatic rings. The highest BCUT2D eigenvalue weighted by atomic mass is 16.3. The fourth-order valence-electron chi connectivity index (χ4n) is 4.74. The van der Waals surface area contributed by atoms with Gasteiger partial charge in [0, 0.05) is 44.7 Å². The van der Waals surface area contributed by atoms with Crippen molar-refractivity contribution in [1.29, 1.82) is 0 Å². The maximum absolute atomic E-state index is 12.9. The van der Waals surface area contributed by atoms with Crippen LogP contribution in [0.5, 0.6) is 0 Å². The van der Waals surface area contributed by atoms with Crippen LogP contribution in [-0.2, 0) is 16.1 Å². The molecule has 0 aliphatic carbocycles. The zero-order chi connectivity index (χ0) is 22.8. The Morgan fingerprint density at radius 3 is 2.27 bits per heavy atom. The molecule has 2 fully saturated rings. The number of fused-ring (bicyclic) bond motifs is 3. The molecule has 0 unspecified atom stereocenters. The highest BCUT2D eigenvalue weighted by Crippen LogP contribution is 2.24. The van der Waals surface area contributed by atoms with E-state index in [2.05, 4.69) is 9.88 Å². The minimum absolute atomic E-state index is 0.0779. The summed E-state index contributed by atoms with van der Waals surface area (Å²) >= 11 is 0. The van der Waals surface area contributed by atoms with Crippen molar-refractivity contribution >= 4 is 33.9 Å². The largest absolute Gasteiger partial charge is 0.448 e. The molecule has 0 atom stereocenters. The van der Waals surface area contributed by atoms with Gasteiger partial charge in [-0.1, -0.05) is 25.0 Å². The smallest absolute Gasteiger partial charge is 0.297 e. The van der Waals surface area contributed by atoms with Crippen molar-refractivity contribution in [1.82, 2.24) is 24.3 Å². The molecule has 2 aliphatic heterocycles. The number of rotatable bonds is 4. The predicted octanol–water partition coefficient (Wildman–Crippen LogP) is 1.69. The van der Waals surface area contributed by atoms with Gasteiger partial charge in [0.15, 0.2) is 0 Å². The lowest BCUT2D eigenvalue weighted by molar-refractivity contribution is -0.135. The maximum atomic E-state index is 12.9. The van der Waals surface area contributed by atoms with Gasteiger partial charge in [0.05, 0.1) is 12.9 Å². The Morgan fingerprint density at radius 1 is 0.848 bits per heavy atom. The van der Waals surface area contributed by atoms with E-state index in [-0.39, 0.29) is 29.5 Å². The number of piperazine rings is 1. The second-order valence-corrected chi connectivity index (χ2v) is 8.91. The summed E-state index contributed by atoms with van der Waals surface area (Å²) in [4.78, 5) is 48.6. The number of likely N-dealkylation sites (tertiary alicyclic amines) is 1. The number of furan rings is 1. The van der Waals surface area contributed by atoms with E-state index in [0.29, 0.717) is 43.8 Å². The van der Waals surface area contributed by atoms with E-state index < -0.39 is 0 Å². The Labute approximate surface area is 191 Å². The molecule has 2 aromatic heterocycles. The fourth-order valence-corrected chi connectivity index (χ4v) is 4.74. The quantitative estimate of drug-likeness (QED) is 0.600. The molecule has 4 heterocycles. The van der Waals surface area contributed by atoms with Gasteiger partial charge in [-0.25, -0.2) is 4.98 Å². The van der Waals surface area contributed by atoms with Crippen LogP contribution in [0.2, 0.25) is 0 Å². The first-order valence-corrected chi connectivity index (χ1v) is 11.7.